The number of halogens is 1. The number of pyridine rings is 1. The van der Waals surface area contributed by atoms with Crippen molar-refractivity contribution in [1.82, 2.24) is 4.98 Å². The van der Waals surface area contributed by atoms with Gasteiger partial charge >= 0.3 is 0 Å². The lowest BCUT2D eigenvalue weighted by atomic mass is 10.2. The van der Waals surface area contributed by atoms with Gasteiger partial charge in [0.15, 0.2) is 5.69 Å². The Labute approximate surface area is 116 Å². The van der Waals surface area contributed by atoms with Gasteiger partial charge in [0.05, 0.1) is 11.6 Å². The van der Waals surface area contributed by atoms with E-state index in [1.165, 1.54) is 0 Å². The van der Waals surface area contributed by atoms with Crippen molar-refractivity contribution in [2.24, 2.45) is 0 Å². The Morgan fingerprint density at radius 2 is 2.21 bits per heavy atom. The van der Waals surface area contributed by atoms with Crippen molar-refractivity contribution in [2.45, 2.75) is 6.61 Å². The average molecular weight is 274 g/mol. The van der Waals surface area contributed by atoms with Crippen molar-refractivity contribution >= 4 is 23.1 Å². The van der Waals surface area contributed by atoms with E-state index < -0.39 is 0 Å². The molecule has 0 saturated carbocycles. The van der Waals surface area contributed by atoms with Crippen molar-refractivity contribution < 1.29 is 4.74 Å². The second kappa shape index (κ2) is 6.19. The van der Waals surface area contributed by atoms with Gasteiger partial charge in [0, 0.05) is 12.8 Å². The van der Waals surface area contributed by atoms with Gasteiger partial charge in [0.1, 0.15) is 11.9 Å². The molecule has 1 aromatic carbocycles. The third-order valence-electron chi connectivity index (χ3n) is 2.46. The molecule has 0 aliphatic rings. The number of anilines is 2. The summed E-state index contributed by atoms with van der Waals surface area (Å²) in [5.41, 5.74) is 2.15. The van der Waals surface area contributed by atoms with Crippen LogP contribution in [0.15, 0.2) is 36.4 Å². The van der Waals surface area contributed by atoms with Crippen LogP contribution in [-0.4, -0.2) is 12.1 Å². The second-order valence-corrected chi connectivity index (χ2v) is 4.30. The summed E-state index contributed by atoms with van der Waals surface area (Å²) in [6, 6.07) is 13.1. The van der Waals surface area contributed by atoms with E-state index in [-0.39, 0.29) is 5.69 Å². The number of ether oxygens (including phenoxy) is 1. The second-order valence-electron chi connectivity index (χ2n) is 3.90. The number of aromatic nitrogens is 1. The minimum Gasteiger partial charge on any atom is -0.380 e. The lowest BCUT2D eigenvalue weighted by molar-refractivity contribution is 0.185. The van der Waals surface area contributed by atoms with Crippen LogP contribution in [0.1, 0.15) is 11.3 Å². The first-order valence-electron chi connectivity index (χ1n) is 5.64. The predicted octanol–water partition coefficient (Wildman–Crippen LogP) is 3.50. The largest absolute Gasteiger partial charge is 0.380 e. The van der Waals surface area contributed by atoms with Crippen molar-refractivity contribution in [3.8, 4) is 6.07 Å². The van der Waals surface area contributed by atoms with Crippen LogP contribution in [0.25, 0.3) is 0 Å². The quantitative estimate of drug-likeness (QED) is 0.926. The van der Waals surface area contributed by atoms with E-state index in [1.807, 2.05) is 30.3 Å². The summed E-state index contributed by atoms with van der Waals surface area (Å²) >= 11 is 5.84. The molecule has 1 heterocycles. The Kier molecular flexibility index (Phi) is 4.35. The van der Waals surface area contributed by atoms with Gasteiger partial charge in [-0.05, 0) is 29.8 Å². The predicted molar refractivity (Wildman–Crippen MR) is 74.4 cm³/mol. The van der Waals surface area contributed by atoms with Gasteiger partial charge < -0.3 is 10.1 Å². The molecule has 0 atom stereocenters. The lowest BCUT2D eigenvalue weighted by Gasteiger charge is -2.08. The van der Waals surface area contributed by atoms with Crippen LogP contribution in [0.5, 0.6) is 0 Å². The molecule has 0 aliphatic heterocycles. The standard InChI is InChI=1S/C14H12ClN3O/c1-19-9-10-3-2-4-11(7-10)17-14-6-5-12(15)13(8-16)18-14/h2-7H,9H2,1H3,(H,17,18). The maximum atomic E-state index is 8.88. The Morgan fingerprint density at radius 1 is 1.37 bits per heavy atom. The molecule has 1 aromatic heterocycles. The molecule has 19 heavy (non-hydrogen) atoms. The summed E-state index contributed by atoms with van der Waals surface area (Å²) in [6.07, 6.45) is 0. The first-order chi connectivity index (χ1) is 9.22. The van der Waals surface area contributed by atoms with Gasteiger partial charge in [-0.2, -0.15) is 5.26 Å². The molecule has 1 N–H and O–H groups in total. The molecule has 0 amide bonds. The summed E-state index contributed by atoms with van der Waals surface area (Å²) in [5, 5.41) is 12.4. The SMILES string of the molecule is COCc1cccc(Nc2ccc(Cl)c(C#N)n2)c1. The van der Waals surface area contributed by atoms with Gasteiger partial charge in [-0.15, -0.1) is 0 Å². The zero-order valence-corrected chi connectivity index (χ0v) is 11.1. The number of rotatable bonds is 4. The van der Waals surface area contributed by atoms with Crippen LogP contribution in [0.3, 0.4) is 0 Å². The van der Waals surface area contributed by atoms with Crippen LogP contribution < -0.4 is 5.32 Å². The fourth-order valence-electron chi connectivity index (χ4n) is 1.64. The third-order valence-corrected chi connectivity index (χ3v) is 2.77. The minimum absolute atomic E-state index is 0.208. The molecular weight excluding hydrogens is 262 g/mol. The zero-order valence-electron chi connectivity index (χ0n) is 10.4. The first-order valence-corrected chi connectivity index (χ1v) is 6.02. The van der Waals surface area contributed by atoms with Gasteiger partial charge in [0.2, 0.25) is 0 Å². The van der Waals surface area contributed by atoms with E-state index in [4.69, 9.17) is 21.6 Å². The molecule has 0 unspecified atom stereocenters. The Morgan fingerprint density at radius 3 is 2.95 bits per heavy atom. The highest BCUT2D eigenvalue weighted by Gasteiger charge is 2.03. The smallest absolute Gasteiger partial charge is 0.161 e. The highest BCUT2D eigenvalue weighted by molar-refractivity contribution is 6.31. The minimum atomic E-state index is 0.208. The molecule has 4 nitrogen and oxygen atoms in total. The average Bonchev–Trinajstić information content (AvgIpc) is 2.42. The molecule has 0 fully saturated rings. The highest BCUT2D eigenvalue weighted by Crippen LogP contribution is 2.20. The normalized spacial score (nSPS) is 9.95. The molecule has 0 radical (unpaired) electrons. The summed E-state index contributed by atoms with van der Waals surface area (Å²) in [6.45, 7) is 0.549. The molecule has 0 spiro atoms. The summed E-state index contributed by atoms with van der Waals surface area (Å²) in [7, 11) is 1.65. The molecule has 5 heteroatoms. The van der Waals surface area contributed by atoms with Gasteiger partial charge in [-0.1, -0.05) is 23.7 Å². The van der Waals surface area contributed by atoms with E-state index in [9.17, 15) is 0 Å². The van der Waals surface area contributed by atoms with E-state index in [1.54, 1.807) is 19.2 Å². The van der Waals surface area contributed by atoms with Crippen LogP contribution in [0.4, 0.5) is 11.5 Å². The van der Waals surface area contributed by atoms with Crippen LogP contribution >= 0.6 is 11.6 Å². The van der Waals surface area contributed by atoms with Crippen LogP contribution in [0.2, 0.25) is 5.02 Å². The molecule has 2 aromatic rings. The van der Waals surface area contributed by atoms with Gasteiger partial charge in [0.25, 0.3) is 0 Å². The van der Waals surface area contributed by atoms with Gasteiger partial charge in [-0.25, -0.2) is 4.98 Å². The number of nitrogens with one attached hydrogen (secondary N) is 1. The Balaban J connectivity index is 2.21. The van der Waals surface area contributed by atoms with E-state index in [0.717, 1.165) is 11.3 Å². The number of nitriles is 1. The number of methoxy groups -OCH3 is 1. The molecule has 96 valence electrons. The fraction of sp³-hybridized carbons (Fsp3) is 0.143. The zero-order chi connectivity index (χ0) is 13.7. The van der Waals surface area contributed by atoms with Gasteiger partial charge in [-0.3, -0.25) is 0 Å². The van der Waals surface area contributed by atoms with Crippen molar-refractivity contribution in [3.05, 3.63) is 52.7 Å². The van der Waals surface area contributed by atoms with Crippen LogP contribution in [0, 0.1) is 11.3 Å². The van der Waals surface area contributed by atoms with Crippen molar-refractivity contribution in [1.29, 1.82) is 5.26 Å². The number of hydrogen-bond donors (Lipinski definition) is 1. The first kappa shape index (κ1) is 13.3. The number of nitrogens with zero attached hydrogens (tertiary/aromatic N) is 2. The molecule has 0 aliphatic carbocycles. The third kappa shape index (κ3) is 3.44. The highest BCUT2D eigenvalue weighted by atomic mass is 35.5. The Hall–Kier alpha value is -2.09. The molecule has 2 rings (SSSR count). The summed E-state index contributed by atoms with van der Waals surface area (Å²) in [4.78, 5) is 4.13. The van der Waals surface area contributed by atoms with Crippen molar-refractivity contribution in [3.63, 3.8) is 0 Å². The van der Waals surface area contributed by atoms with Crippen LogP contribution in [-0.2, 0) is 11.3 Å². The molecule has 0 saturated heterocycles. The maximum Gasteiger partial charge on any atom is 0.161 e. The topological polar surface area (TPSA) is 57.9 Å². The fourth-order valence-corrected chi connectivity index (χ4v) is 1.79. The molecular formula is C14H12ClN3O. The maximum absolute atomic E-state index is 8.88. The summed E-state index contributed by atoms with van der Waals surface area (Å²) in [5.74, 6) is 0.579. The lowest BCUT2D eigenvalue weighted by Crippen LogP contribution is -1.97. The molecule has 0 bridgehead atoms. The van der Waals surface area contributed by atoms with E-state index >= 15 is 0 Å². The van der Waals surface area contributed by atoms with Crippen molar-refractivity contribution in [2.75, 3.05) is 12.4 Å². The number of hydrogen-bond acceptors (Lipinski definition) is 4. The number of benzene rings is 1. The van der Waals surface area contributed by atoms with E-state index in [0.29, 0.717) is 17.4 Å². The van der Waals surface area contributed by atoms with E-state index in [2.05, 4.69) is 10.3 Å². The monoisotopic (exact) mass is 273 g/mol. The Bertz CT molecular complexity index is 622. The summed E-state index contributed by atoms with van der Waals surface area (Å²) < 4.78 is 5.08.